The number of hydrogen-bond donors (Lipinski definition) is 2. The van der Waals surface area contributed by atoms with Gasteiger partial charge in [0.2, 0.25) is 11.8 Å². The van der Waals surface area contributed by atoms with Crippen molar-refractivity contribution in [2.75, 3.05) is 7.11 Å². The third-order valence-corrected chi connectivity index (χ3v) is 3.63. The molecule has 0 aliphatic carbocycles. The molecule has 1 aromatic carbocycles. The SMILES string of the molecule is CCCC[C@@H](NC(=O)[C@H](Cc1ccccc1)NC(C)=O)C(=O)OC. The van der Waals surface area contributed by atoms with Crippen LogP contribution in [0.4, 0.5) is 0 Å². The standard InChI is InChI=1S/C18H26N2O4/c1-4-5-11-15(18(23)24-3)20-17(22)16(19-13(2)21)12-14-9-7-6-8-10-14/h6-10,15-16H,4-5,11-12H2,1-3H3,(H,19,21)(H,20,22)/t15-,16+/m1/s1. The fourth-order valence-corrected chi connectivity index (χ4v) is 2.38. The van der Waals surface area contributed by atoms with Gasteiger partial charge in [-0.15, -0.1) is 0 Å². The summed E-state index contributed by atoms with van der Waals surface area (Å²) in [7, 11) is 1.29. The van der Waals surface area contributed by atoms with Gasteiger partial charge in [0, 0.05) is 13.3 Å². The van der Waals surface area contributed by atoms with E-state index in [0.717, 1.165) is 18.4 Å². The number of carbonyl (C=O) groups excluding carboxylic acids is 3. The lowest BCUT2D eigenvalue weighted by Gasteiger charge is -2.22. The van der Waals surface area contributed by atoms with E-state index < -0.39 is 18.1 Å². The Morgan fingerprint density at radius 2 is 1.75 bits per heavy atom. The second-order valence-electron chi connectivity index (χ2n) is 5.67. The van der Waals surface area contributed by atoms with Crippen molar-refractivity contribution in [1.29, 1.82) is 0 Å². The number of amides is 2. The molecule has 0 unspecified atom stereocenters. The lowest BCUT2D eigenvalue weighted by atomic mass is 10.0. The van der Waals surface area contributed by atoms with Crippen molar-refractivity contribution in [1.82, 2.24) is 10.6 Å². The minimum absolute atomic E-state index is 0.297. The number of nitrogens with one attached hydrogen (secondary N) is 2. The second kappa shape index (κ2) is 10.4. The highest BCUT2D eigenvalue weighted by molar-refractivity contribution is 5.90. The summed E-state index contributed by atoms with van der Waals surface area (Å²) in [4.78, 5) is 35.8. The third kappa shape index (κ3) is 6.81. The maximum atomic E-state index is 12.5. The summed E-state index contributed by atoms with van der Waals surface area (Å²) in [6.07, 6.45) is 2.56. The highest BCUT2D eigenvalue weighted by Crippen LogP contribution is 2.07. The molecule has 132 valence electrons. The molecule has 0 aliphatic heterocycles. The number of unbranched alkanes of at least 4 members (excludes halogenated alkanes) is 1. The van der Waals surface area contributed by atoms with E-state index in [2.05, 4.69) is 10.6 Å². The molecule has 0 saturated heterocycles. The first kappa shape index (κ1) is 19.7. The maximum Gasteiger partial charge on any atom is 0.328 e. The zero-order chi connectivity index (χ0) is 17.9. The zero-order valence-corrected chi connectivity index (χ0v) is 14.5. The first-order chi connectivity index (χ1) is 11.5. The van der Waals surface area contributed by atoms with Crippen LogP contribution in [-0.2, 0) is 25.5 Å². The molecule has 0 fully saturated rings. The van der Waals surface area contributed by atoms with Gasteiger partial charge >= 0.3 is 5.97 Å². The number of hydrogen-bond acceptors (Lipinski definition) is 4. The van der Waals surface area contributed by atoms with Crippen molar-refractivity contribution in [2.45, 2.75) is 51.6 Å². The van der Waals surface area contributed by atoms with Crippen LogP contribution in [0.1, 0.15) is 38.7 Å². The van der Waals surface area contributed by atoms with Crippen LogP contribution in [0.3, 0.4) is 0 Å². The Bertz CT molecular complexity index is 545. The van der Waals surface area contributed by atoms with E-state index in [4.69, 9.17) is 4.74 Å². The molecule has 0 saturated carbocycles. The molecule has 2 N–H and O–H groups in total. The molecule has 0 aliphatic rings. The molecule has 6 nitrogen and oxygen atoms in total. The monoisotopic (exact) mass is 334 g/mol. The molecule has 0 aromatic heterocycles. The molecule has 0 spiro atoms. The largest absolute Gasteiger partial charge is 0.467 e. The molecule has 24 heavy (non-hydrogen) atoms. The summed E-state index contributed by atoms with van der Waals surface area (Å²) in [5.74, 6) is -1.16. The Morgan fingerprint density at radius 1 is 1.08 bits per heavy atom. The van der Waals surface area contributed by atoms with E-state index in [0.29, 0.717) is 12.8 Å². The van der Waals surface area contributed by atoms with Crippen LogP contribution in [0.25, 0.3) is 0 Å². The number of ether oxygens (including phenoxy) is 1. The third-order valence-electron chi connectivity index (χ3n) is 3.63. The van der Waals surface area contributed by atoms with Gasteiger partial charge in [-0.2, -0.15) is 0 Å². The van der Waals surface area contributed by atoms with Gasteiger partial charge in [-0.25, -0.2) is 4.79 Å². The van der Waals surface area contributed by atoms with Crippen molar-refractivity contribution >= 4 is 17.8 Å². The number of esters is 1. The van der Waals surface area contributed by atoms with Crippen molar-refractivity contribution < 1.29 is 19.1 Å². The summed E-state index contributed by atoms with van der Waals surface area (Å²) in [5.41, 5.74) is 0.926. The van der Waals surface area contributed by atoms with E-state index in [-0.39, 0.29) is 11.8 Å². The topological polar surface area (TPSA) is 84.5 Å². The lowest BCUT2D eigenvalue weighted by molar-refractivity contribution is -0.145. The smallest absolute Gasteiger partial charge is 0.328 e. The van der Waals surface area contributed by atoms with Crippen LogP contribution < -0.4 is 10.6 Å². The molecular weight excluding hydrogens is 308 g/mol. The van der Waals surface area contributed by atoms with Gasteiger partial charge in [0.15, 0.2) is 0 Å². The minimum Gasteiger partial charge on any atom is -0.467 e. The predicted octanol–water partition coefficient (Wildman–Crippen LogP) is 1.58. The van der Waals surface area contributed by atoms with Crippen molar-refractivity contribution in [3.05, 3.63) is 35.9 Å². The Kier molecular flexibility index (Phi) is 8.54. The lowest BCUT2D eigenvalue weighted by Crippen LogP contribution is -2.52. The molecule has 0 radical (unpaired) electrons. The minimum atomic E-state index is -0.737. The number of benzene rings is 1. The molecule has 0 bridgehead atoms. The fraction of sp³-hybridized carbons (Fsp3) is 0.500. The Morgan fingerprint density at radius 3 is 2.29 bits per heavy atom. The van der Waals surface area contributed by atoms with Crippen LogP contribution in [0.5, 0.6) is 0 Å². The van der Waals surface area contributed by atoms with Gasteiger partial charge in [0.1, 0.15) is 12.1 Å². The average molecular weight is 334 g/mol. The van der Waals surface area contributed by atoms with E-state index >= 15 is 0 Å². The van der Waals surface area contributed by atoms with Crippen LogP contribution in [0, 0.1) is 0 Å². The van der Waals surface area contributed by atoms with Crippen LogP contribution in [-0.4, -0.2) is 37.0 Å². The van der Waals surface area contributed by atoms with E-state index in [1.54, 1.807) is 0 Å². The number of carbonyl (C=O) groups is 3. The first-order valence-electron chi connectivity index (χ1n) is 8.17. The van der Waals surface area contributed by atoms with Crippen molar-refractivity contribution in [2.24, 2.45) is 0 Å². The van der Waals surface area contributed by atoms with E-state index in [9.17, 15) is 14.4 Å². The van der Waals surface area contributed by atoms with Gasteiger partial charge in [-0.1, -0.05) is 50.1 Å². The van der Waals surface area contributed by atoms with Gasteiger partial charge in [-0.3, -0.25) is 9.59 Å². The Labute approximate surface area is 143 Å². The highest BCUT2D eigenvalue weighted by atomic mass is 16.5. The number of methoxy groups -OCH3 is 1. The normalized spacial score (nSPS) is 12.8. The molecule has 6 heteroatoms. The quantitative estimate of drug-likeness (QED) is 0.672. The van der Waals surface area contributed by atoms with Crippen molar-refractivity contribution in [3.8, 4) is 0 Å². The first-order valence-corrected chi connectivity index (χ1v) is 8.17. The second-order valence-corrected chi connectivity index (χ2v) is 5.67. The summed E-state index contributed by atoms with van der Waals surface area (Å²) in [6, 6.07) is 7.96. The predicted molar refractivity (Wildman–Crippen MR) is 91.2 cm³/mol. The average Bonchev–Trinajstić information content (AvgIpc) is 2.57. The molecule has 2 atom stereocenters. The Hall–Kier alpha value is -2.37. The molecule has 2 amide bonds. The zero-order valence-electron chi connectivity index (χ0n) is 14.5. The van der Waals surface area contributed by atoms with Gasteiger partial charge in [0.05, 0.1) is 7.11 Å². The fourth-order valence-electron chi connectivity index (χ4n) is 2.38. The molecule has 0 heterocycles. The van der Waals surface area contributed by atoms with E-state index in [1.807, 2.05) is 37.3 Å². The van der Waals surface area contributed by atoms with E-state index in [1.165, 1.54) is 14.0 Å². The maximum absolute atomic E-state index is 12.5. The number of rotatable bonds is 9. The summed E-state index contributed by atoms with van der Waals surface area (Å²) in [5, 5.41) is 5.34. The van der Waals surface area contributed by atoms with Crippen LogP contribution >= 0.6 is 0 Å². The van der Waals surface area contributed by atoms with Gasteiger partial charge in [-0.05, 0) is 12.0 Å². The highest BCUT2D eigenvalue weighted by Gasteiger charge is 2.26. The van der Waals surface area contributed by atoms with Crippen molar-refractivity contribution in [3.63, 3.8) is 0 Å². The summed E-state index contributed by atoms with van der Waals surface area (Å²) < 4.78 is 4.75. The summed E-state index contributed by atoms with van der Waals surface area (Å²) >= 11 is 0. The van der Waals surface area contributed by atoms with Crippen LogP contribution in [0.2, 0.25) is 0 Å². The van der Waals surface area contributed by atoms with Crippen LogP contribution in [0.15, 0.2) is 30.3 Å². The Balaban J connectivity index is 2.81. The van der Waals surface area contributed by atoms with Gasteiger partial charge in [0.25, 0.3) is 0 Å². The molecular formula is C18H26N2O4. The molecule has 1 aromatic rings. The van der Waals surface area contributed by atoms with Gasteiger partial charge < -0.3 is 15.4 Å². The molecule has 1 rings (SSSR count). The summed E-state index contributed by atoms with van der Waals surface area (Å²) in [6.45, 7) is 3.37.